The Labute approximate surface area is 173 Å². The zero-order valence-corrected chi connectivity index (χ0v) is 16.2. The minimum atomic E-state index is 0. The molecule has 0 amide bonds. The summed E-state index contributed by atoms with van der Waals surface area (Å²) in [5, 5.41) is 5.41. The molecule has 1 aromatic carbocycles. The van der Waals surface area contributed by atoms with E-state index in [0.717, 1.165) is 34.1 Å². The molecule has 146 valence electrons. The second kappa shape index (κ2) is 8.20. The van der Waals surface area contributed by atoms with Gasteiger partial charge in [-0.2, -0.15) is 5.10 Å². The Balaban J connectivity index is 0.00000205. The smallest absolute Gasteiger partial charge is 0.168 e. The molecule has 0 bridgehead atoms. The average Bonchev–Trinajstić information content (AvgIpc) is 3.50. The molecule has 0 radical (unpaired) electrons. The van der Waals surface area contributed by atoms with Crippen LogP contribution in [0.2, 0.25) is 0 Å². The molecule has 0 aliphatic rings. The van der Waals surface area contributed by atoms with Gasteiger partial charge in [0, 0.05) is 0 Å². The van der Waals surface area contributed by atoms with E-state index in [1.165, 1.54) is 0 Å². The highest BCUT2D eigenvalue weighted by Crippen LogP contribution is 2.27. The van der Waals surface area contributed by atoms with Crippen LogP contribution in [0.3, 0.4) is 0 Å². The largest absolute Gasteiger partial charge is 0.467 e. The van der Waals surface area contributed by atoms with Crippen LogP contribution in [-0.2, 0) is 13.1 Å². The van der Waals surface area contributed by atoms with Gasteiger partial charge in [0.15, 0.2) is 5.65 Å². The van der Waals surface area contributed by atoms with E-state index in [1.807, 2.05) is 59.3 Å². The van der Waals surface area contributed by atoms with Crippen molar-refractivity contribution in [3.63, 3.8) is 0 Å². The monoisotopic (exact) mass is 407 g/mol. The lowest BCUT2D eigenvalue weighted by molar-refractivity contribution is 0.476. The summed E-state index contributed by atoms with van der Waals surface area (Å²) in [6.45, 7) is 1.10. The predicted octanol–water partition coefficient (Wildman–Crippen LogP) is 4.63. The second-order valence-corrected chi connectivity index (χ2v) is 6.34. The molecule has 0 fully saturated rings. The first-order valence-corrected chi connectivity index (χ1v) is 8.92. The normalized spacial score (nSPS) is 10.8. The van der Waals surface area contributed by atoms with Crippen molar-refractivity contribution in [2.75, 3.05) is 4.90 Å². The molecule has 0 aliphatic heterocycles. The summed E-state index contributed by atoms with van der Waals surface area (Å²) in [6.07, 6.45) is 6.71. The number of fused-ring (bicyclic) bond motifs is 1. The van der Waals surface area contributed by atoms with Crippen LogP contribution in [0.4, 0.5) is 5.82 Å². The lowest BCUT2D eigenvalue weighted by Gasteiger charge is -2.22. The fourth-order valence-electron chi connectivity index (χ4n) is 3.23. The van der Waals surface area contributed by atoms with Gasteiger partial charge in [-0.25, -0.2) is 14.6 Å². The van der Waals surface area contributed by atoms with E-state index in [4.69, 9.17) is 8.83 Å². The molecule has 4 heterocycles. The maximum Gasteiger partial charge on any atom is 0.168 e. The third kappa shape index (κ3) is 3.72. The Hall–Kier alpha value is -3.58. The molecule has 0 saturated heterocycles. The number of hydrogen-bond donors (Lipinski definition) is 0. The zero-order valence-electron chi connectivity index (χ0n) is 15.4. The van der Waals surface area contributed by atoms with Gasteiger partial charge in [-0.1, -0.05) is 18.2 Å². The van der Waals surface area contributed by atoms with E-state index in [-0.39, 0.29) is 12.4 Å². The molecule has 7 nitrogen and oxygen atoms in total. The molecule has 0 spiro atoms. The van der Waals surface area contributed by atoms with Crippen LogP contribution >= 0.6 is 12.4 Å². The van der Waals surface area contributed by atoms with Gasteiger partial charge in [0.2, 0.25) is 0 Å². The highest BCUT2D eigenvalue weighted by molar-refractivity contribution is 5.87. The van der Waals surface area contributed by atoms with Crippen molar-refractivity contribution in [1.29, 1.82) is 0 Å². The number of furan rings is 2. The molecule has 8 heteroatoms. The number of aromatic nitrogens is 4. The lowest BCUT2D eigenvalue weighted by Crippen LogP contribution is -2.23. The maximum atomic E-state index is 5.55. The van der Waals surface area contributed by atoms with E-state index in [9.17, 15) is 0 Å². The van der Waals surface area contributed by atoms with Crippen LogP contribution in [0.15, 0.2) is 88.5 Å². The van der Waals surface area contributed by atoms with E-state index < -0.39 is 0 Å². The summed E-state index contributed by atoms with van der Waals surface area (Å²) in [6, 6.07) is 17.6. The van der Waals surface area contributed by atoms with Crippen LogP contribution < -0.4 is 4.90 Å². The molecule has 0 atom stereocenters. The molecule has 5 rings (SSSR count). The number of anilines is 1. The van der Waals surface area contributed by atoms with Crippen molar-refractivity contribution >= 4 is 29.3 Å². The lowest BCUT2D eigenvalue weighted by atomic mass is 10.3. The number of nitrogens with zero attached hydrogens (tertiary/aromatic N) is 5. The first kappa shape index (κ1) is 18.8. The SMILES string of the molecule is Cl.c1ccc(-n2ncc3c(N(Cc4ccco4)Cc4ccco4)ncnc32)cc1. The third-order valence-corrected chi connectivity index (χ3v) is 4.50. The molecule has 0 unspecified atom stereocenters. The maximum absolute atomic E-state index is 5.55. The number of benzene rings is 1. The third-order valence-electron chi connectivity index (χ3n) is 4.50. The summed E-state index contributed by atoms with van der Waals surface area (Å²) in [7, 11) is 0. The standard InChI is InChI=1S/C21H17N5O2.ClH/c1-2-6-16(7-3-1)26-21-19(12-24-26)20(22-15-23-21)25(13-17-8-4-10-27-17)14-18-9-5-11-28-18;/h1-12,15H,13-14H2;1H. The van der Waals surface area contributed by atoms with E-state index in [0.29, 0.717) is 13.1 Å². The number of rotatable bonds is 6. The van der Waals surface area contributed by atoms with Crippen molar-refractivity contribution < 1.29 is 8.83 Å². The van der Waals surface area contributed by atoms with Gasteiger partial charge in [-0.3, -0.25) is 0 Å². The fourth-order valence-corrected chi connectivity index (χ4v) is 3.23. The van der Waals surface area contributed by atoms with Gasteiger partial charge in [0.25, 0.3) is 0 Å². The van der Waals surface area contributed by atoms with Crippen LogP contribution in [0.1, 0.15) is 11.5 Å². The molecule has 4 aromatic heterocycles. The first-order valence-electron chi connectivity index (χ1n) is 8.92. The highest BCUT2D eigenvalue weighted by atomic mass is 35.5. The van der Waals surface area contributed by atoms with Crippen molar-refractivity contribution in [2.24, 2.45) is 0 Å². The number of hydrogen-bond acceptors (Lipinski definition) is 6. The van der Waals surface area contributed by atoms with Gasteiger partial charge < -0.3 is 13.7 Å². The molecular formula is C21H18ClN5O2. The summed E-state index contributed by atoms with van der Waals surface area (Å²) < 4.78 is 12.9. The Morgan fingerprint density at radius 1 is 0.828 bits per heavy atom. The minimum absolute atomic E-state index is 0. The van der Waals surface area contributed by atoms with Crippen molar-refractivity contribution in [2.45, 2.75) is 13.1 Å². The first-order chi connectivity index (χ1) is 13.9. The zero-order chi connectivity index (χ0) is 18.8. The van der Waals surface area contributed by atoms with Crippen LogP contribution in [0.5, 0.6) is 0 Å². The van der Waals surface area contributed by atoms with Gasteiger partial charge in [0.05, 0.1) is 42.9 Å². The van der Waals surface area contributed by atoms with Gasteiger partial charge >= 0.3 is 0 Å². The Kier molecular flexibility index (Phi) is 5.31. The molecule has 29 heavy (non-hydrogen) atoms. The quantitative estimate of drug-likeness (QED) is 0.408. The molecule has 0 saturated carbocycles. The Morgan fingerprint density at radius 2 is 1.52 bits per heavy atom. The van der Waals surface area contributed by atoms with Gasteiger partial charge in [-0.05, 0) is 36.4 Å². The topological polar surface area (TPSA) is 73.1 Å². The van der Waals surface area contributed by atoms with Gasteiger partial charge in [-0.15, -0.1) is 12.4 Å². The second-order valence-electron chi connectivity index (χ2n) is 6.34. The number of halogens is 1. The minimum Gasteiger partial charge on any atom is -0.467 e. The van der Waals surface area contributed by atoms with Gasteiger partial charge in [0.1, 0.15) is 23.7 Å². The molecule has 5 aromatic rings. The summed E-state index contributed by atoms with van der Waals surface area (Å²) >= 11 is 0. The van der Waals surface area contributed by atoms with Crippen LogP contribution in [0.25, 0.3) is 16.7 Å². The predicted molar refractivity (Wildman–Crippen MR) is 111 cm³/mol. The Morgan fingerprint density at radius 3 is 2.14 bits per heavy atom. The van der Waals surface area contributed by atoms with Crippen LogP contribution in [-0.4, -0.2) is 19.7 Å². The highest BCUT2D eigenvalue weighted by Gasteiger charge is 2.19. The Bertz CT molecular complexity index is 1130. The van der Waals surface area contributed by atoms with E-state index in [1.54, 1.807) is 25.1 Å². The summed E-state index contributed by atoms with van der Waals surface area (Å²) in [5.41, 5.74) is 1.70. The fraction of sp³-hybridized carbons (Fsp3) is 0.0952. The van der Waals surface area contributed by atoms with Crippen LogP contribution in [0, 0.1) is 0 Å². The van der Waals surface area contributed by atoms with E-state index in [2.05, 4.69) is 20.0 Å². The van der Waals surface area contributed by atoms with Crippen molar-refractivity contribution in [3.05, 3.63) is 91.2 Å². The summed E-state index contributed by atoms with van der Waals surface area (Å²) in [5.74, 6) is 2.46. The molecule has 0 N–H and O–H groups in total. The molecular weight excluding hydrogens is 390 g/mol. The number of para-hydroxylation sites is 1. The van der Waals surface area contributed by atoms with Crippen molar-refractivity contribution in [1.82, 2.24) is 19.7 Å². The summed E-state index contributed by atoms with van der Waals surface area (Å²) in [4.78, 5) is 11.1. The van der Waals surface area contributed by atoms with E-state index >= 15 is 0 Å². The average molecular weight is 408 g/mol. The molecule has 0 aliphatic carbocycles. The van der Waals surface area contributed by atoms with Crippen molar-refractivity contribution in [3.8, 4) is 5.69 Å².